The Morgan fingerprint density at radius 2 is 1.61 bits per heavy atom. The first-order valence-electron chi connectivity index (χ1n) is 7.61. The maximum Gasteiger partial charge on any atom is 0.240 e. The Labute approximate surface area is 135 Å². The normalized spacial score (nSPS) is 9.83. The zero-order chi connectivity index (χ0) is 16.7. The van der Waals surface area contributed by atoms with Gasteiger partial charge in [0.05, 0.1) is 11.4 Å². The van der Waals surface area contributed by atoms with E-state index in [1.54, 1.807) is 18.2 Å². The van der Waals surface area contributed by atoms with Gasteiger partial charge in [0.15, 0.2) is 0 Å². The average Bonchev–Trinajstić information content (AvgIpc) is 2.58. The number of hydrogen-bond donors (Lipinski definition) is 0. The van der Waals surface area contributed by atoms with E-state index in [9.17, 15) is 9.59 Å². The Kier molecular flexibility index (Phi) is 5.76. The highest BCUT2D eigenvalue weighted by Crippen LogP contribution is 2.28. The van der Waals surface area contributed by atoms with Crippen molar-refractivity contribution in [1.29, 1.82) is 0 Å². The minimum Gasteiger partial charge on any atom is -0.211 e. The fourth-order valence-electron chi connectivity index (χ4n) is 2.74. The molecule has 0 atom stereocenters. The van der Waals surface area contributed by atoms with Crippen molar-refractivity contribution in [3.05, 3.63) is 58.7 Å². The van der Waals surface area contributed by atoms with Crippen LogP contribution in [-0.4, -0.2) is 12.2 Å². The molecule has 0 amide bonds. The summed E-state index contributed by atoms with van der Waals surface area (Å²) in [6, 6.07) is 11.5. The van der Waals surface area contributed by atoms with Crippen molar-refractivity contribution in [2.45, 2.75) is 33.1 Å². The van der Waals surface area contributed by atoms with Crippen molar-refractivity contribution < 1.29 is 9.59 Å². The molecule has 23 heavy (non-hydrogen) atoms. The van der Waals surface area contributed by atoms with Crippen molar-refractivity contribution >= 4 is 23.5 Å². The summed E-state index contributed by atoms with van der Waals surface area (Å²) >= 11 is 0. The number of aryl methyl sites for hydroxylation is 2. The lowest BCUT2D eigenvalue weighted by Crippen LogP contribution is -1.99. The largest absolute Gasteiger partial charge is 0.240 e. The molecule has 2 rings (SSSR count). The lowest BCUT2D eigenvalue weighted by Gasteiger charge is -2.13. The van der Waals surface area contributed by atoms with Crippen molar-refractivity contribution in [3.63, 3.8) is 0 Å². The summed E-state index contributed by atoms with van der Waals surface area (Å²) in [6.45, 7) is 4.14. The first-order chi connectivity index (χ1) is 11.2. The van der Waals surface area contributed by atoms with Gasteiger partial charge in [0.1, 0.15) is 0 Å². The minimum absolute atomic E-state index is 0.607. The van der Waals surface area contributed by atoms with Gasteiger partial charge < -0.3 is 0 Å². The molecule has 0 saturated heterocycles. The summed E-state index contributed by atoms with van der Waals surface area (Å²) in [5, 5.41) is 0. The molecule has 0 aliphatic rings. The number of isocyanates is 2. The molecule has 4 heteroatoms. The molecule has 4 nitrogen and oxygen atoms in total. The molecule has 0 radical (unpaired) electrons. The SMILES string of the molecule is CCc1cc(N=C=O)ccc1Cc1c(CC)cccc1N=C=O. The summed E-state index contributed by atoms with van der Waals surface area (Å²) in [4.78, 5) is 28.6. The Morgan fingerprint density at radius 3 is 2.26 bits per heavy atom. The standard InChI is InChI=1S/C19H18N2O2/c1-3-14-6-5-7-19(21-13-23)18(14)11-16-8-9-17(20-12-22)10-15(16)4-2/h5-10H,3-4,11H2,1-2H3. The molecule has 0 spiro atoms. The number of aliphatic imine (C=N–C) groups is 2. The quantitative estimate of drug-likeness (QED) is 0.589. The third-order valence-corrected chi connectivity index (χ3v) is 3.91. The van der Waals surface area contributed by atoms with Gasteiger partial charge in [0.25, 0.3) is 0 Å². The van der Waals surface area contributed by atoms with Crippen LogP contribution in [0.5, 0.6) is 0 Å². The number of hydrogen-bond acceptors (Lipinski definition) is 4. The van der Waals surface area contributed by atoms with E-state index in [1.807, 2.05) is 24.3 Å². The molecule has 0 unspecified atom stereocenters. The van der Waals surface area contributed by atoms with Gasteiger partial charge in [0, 0.05) is 6.42 Å². The van der Waals surface area contributed by atoms with Crippen LogP contribution < -0.4 is 0 Å². The van der Waals surface area contributed by atoms with Crippen molar-refractivity contribution in [2.75, 3.05) is 0 Å². The second-order valence-corrected chi connectivity index (χ2v) is 5.16. The lowest BCUT2D eigenvalue weighted by molar-refractivity contribution is 0.564. The third-order valence-electron chi connectivity index (χ3n) is 3.91. The smallest absolute Gasteiger partial charge is 0.211 e. The molecule has 0 aliphatic heterocycles. The zero-order valence-electron chi connectivity index (χ0n) is 13.3. The zero-order valence-corrected chi connectivity index (χ0v) is 13.3. The fourth-order valence-corrected chi connectivity index (χ4v) is 2.74. The Morgan fingerprint density at radius 1 is 0.870 bits per heavy atom. The van der Waals surface area contributed by atoms with E-state index in [0.717, 1.165) is 29.5 Å². The van der Waals surface area contributed by atoms with E-state index in [-0.39, 0.29) is 0 Å². The number of benzene rings is 2. The highest BCUT2D eigenvalue weighted by molar-refractivity contribution is 5.59. The van der Waals surface area contributed by atoms with Gasteiger partial charge >= 0.3 is 0 Å². The summed E-state index contributed by atoms with van der Waals surface area (Å²) in [5.41, 5.74) is 5.74. The second-order valence-electron chi connectivity index (χ2n) is 5.16. The predicted octanol–water partition coefficient (Wildman–Crippen LogP) is 4.34. The van der Waals surface area contributed by atoms with Gasteiger partial charge in [-0.1, -0.05) is 32.0 Å². The van der Waals surface area contributed by atoms with E-state index < -0.39 is 0 Å². The van der Waals surface area contributed by atoms with Crippen LogP contribution in [0.3, 0.4) is 0 Å². The van der Waals surface area contributed by atoms with E-state index in [2.05, 4.69) is 29.9 Å². The van der Waals surface area contributed by atoms with Crippen LogP contribution in [-0.2, 0) is 28.9 Å². The predicted molar refractivity (Wildman–Crippen MR) is 90.0 cm³/mol. The van der Waals surface area contributed by atoms with Crippen LogP contribution in [0.4, 0.5) is 11.4 Å². The summed E-state index contributed by atoms with van der Waals surface area (Å²) in [5.74, 6) is 0. The molecule has 0 heterocycles. The van der Waals surface area contributed by atoms with Gasteiger partial charge in [-0.3, -0.25) is 0 Å². The summed E-state index contributed by atoms with van der Waals surface area (Å²) in [7, 11) is 0. The molecule has 0 N–H and O–H groups in total. The van der Waals surface area contributed by atoms with Crippen LogP contribution >= 0.6 is 0 Å². The first kappa shape index (κ1) is 16.6. The van der Waals surface area contributed by atoms with Gasteiger partial charge in [-0.25, -0.2) is 9.59 Å². The van der Waals surface area contributed by atoms with Crippen LogP contribution in [0.1, 0.15) is 36.1 Å². The fraction of sp³-hybridized carbons (Fsp3) is 0.263. The lowest BCUT2D eigenvalue weighted by atomic mass is 9.93. The average molecular weight is 306 g/mol. The topological polar surface area (TPSA) is 58.9 Å². The molecule has 0 saturated carbocycles. The highest BCUT2D eigenvalue weighted by atomic mass is 16.1. The number of carbonyl (C=O) groups excluding carboxylic acids is 2. The summed E-state index contributed by atoms with van der Waals surface area (Å²) in [6.07, 6.45) is 5.58. The van der Waals surface area contributed by atoms with E-state index in [0.29, 0.717) is 17.8 Å². The second kappa shape index (κ2) is 8.00. The monoisotopic (exact) mass is 306 g/mol. The van der Waals surface area contributed by atoms with Crippen LogP contribution in [0.2, 0.25) is 0 Å². The summed E-state index contributed by atoms with van der Waals surface area (Å²) < 4.78 is 0. The van der Waals surface area contributed by atoms with Gasteiger partial charge in [-0.05, 0) is 53.3 Å². The minimum atomic E-state index is 0.607. The Hall–Kier alpha value is -2.80. The first-order valence-corrected chi connectivity index (χ1v) is 7.61. The molecule has 2 aromatic rings. The molecule has 0 bridgehead atoms. The highest BCUT2D eigenvalue weighted by Gasteiger charge is 2.11. The number of rotatable bonds is 6. The van der Waals surface area contributed by atoms with Crippen LogP contribution in [0.25, 0.3) is 0 Å². The van der Waals surface area contributed by atoms with E-state index >= 15 is 0 Å². The Balaban J connectivity index is 2.50. The molecular formula is C19H18N2O2. The van der Waals surface area contributed by atoms with E-state index in [4.69, 9.17) is 0 Å². The van der Waals surface area contributed by atoms with Crippen molar-refractivity contribution in [1.82, 2.24) is 0 Å². The molecule has 0 aromatic heterocycles. The molecule has 0 aliphatic carbocycles. The van der Waals surface area contributed by atoms with Gasteiger partial charge in [-0.15, -0.1) is 0 Å². The van der Waals surface area contributed by atoms with Crippen LogP contribution in [0.15, 0.2) is 46.4 Å². The number of nitrogens with zero attached hydrogens (tertiary/aromatic N) is 2. The van der Waals surface area contributed by atoms with Crippen LogP contribution in [0, 0.1) is 0 Å². The maximum absolute atomic E-state index is 10.7. The Bertz CT molecular complexity index is 799. The third kappa shape index (κ3) is 3.89. The van der Waals surface area contributed by atoms with Crippen molar-refractivity contribution in [3.8, 4) is 0 Å². The van der Waals surface area contributed by atoms with Gasteiger partial charge in [-0.2, -0.15) is 9.98 Å². The van der Waals surface area contributed by atoms with Gasteiger partial charge in [0.2, 0.25) is 12.2 Å². The van der Waals surface area contributed by atoms with Crippen molar-refractivity contribution in [2.24, 2.45) is 9.98 Å². The molecular weight excluding hydrogens is 288 g/mol. The molecule has 0 fully saturated rings. The molecule has 116 valence electrons. The maximum atomic E-state index is 10.7. The molecule has 2 aromatic carbocycles. The van der Waals surface area contributed by atoms with E-state index in [1.165, 1.54) is 5.56 Å².